The van der Waals surface area contributed by atoms with E-state index in [0.29, 0.717) is 4.99 Å². The fourth-order valence-corrected chi connectivity index (χ4v) is 6.72. The SMILES string of the molecule is S=C(Nc1ccccc1)c1cccc(NP(=S)(c2ccccc2)c2ccccc2)c1. The number of rotatable bonds is 6. The highest BCUT2D eigenvalue weighted by atomic mass is 32.4. The summed E-state index contributed by atoms with van der Waals surface area (Å²) in [5.41, 5.74) is 2.88. The van der Waals surface area contributed by atoms with Crippen LogP contribution in [0, 0.1) is 0 Å². The van der Waals surface area contributed by atoms with Crippen molar-refractivity contribution < 1.29 is 0 Å². The van der Waals surface area contributed by atoms with Gasteiger partial charge in [0.1, 0.15) is 4.99 Å². The van der Waals surface area contributed by atoms with E-state index in [2.05, 4.69) is 40.7 Å². The molecule has 0 bridgehead atoms. The molecule has 0 aliphatic heterocycles. The van der Waals surface area contributed by atoms with Crippen LogP contribution in [0.3, 0.4) is 0 Å². The third-order valence-corrected chi connectivity index (χ3v) is 9.18. The van der Waals surface area contributed by atoms with Crippen LogP contribution >= 0.6 is 18.4 Å². The fourth-order valence-electron chi connectivity index (χ4n) is 3.19. The first kappa shape index (κ1) is 20.5. The number of para-hydroxylation sites is 1. The van der Waals surface area contributed by atoms with E-state index in [1.807, 2.05) is 84.9 Å². The van der Waals surface area contributed by atoms with Gasteiger partial charge in [-0.3, -0.25) is 0 Å². The van der Waals surface area contributed by atoms with Gasteiger partial charge in [0.25, 0.3) is 0 Å². The number of anilines is 2. The zero-order valence-electron chi connectivity index (χ0n) is 16.2. The predicted molar refractivity (Wildman–Crippen MR) is 138 cm³/mol. The molecular weight excluding hydrogens is 423 g/mol. The van der Waals surface area contributed by atoms with Gasteiger partial charge in [0, 0.05) is 27.5 Å². The molecule has 4 aromatic rings. The van der Waals surface area contributed by atoms with Crippen LogP contribution < -0.4 is 21.0 Å². The molecule has 0 heterocycles. The van der Waals surface area contributed by atoms with Crippen LogP contribution in [0.4, 0.5) is 11.4 Å². The van der Waals surface area contributed by atoms with Gasteiger partial charge >= 0.3 is 0 Å². The largest absolute Gasteiger partial charge is 0.351 e. The lowest BCUT2D eigenvalue weighted by Crippen LogP contribution is -2.21. The molecule has 0 aromatic heterocycles. The maximum Gasteiger partial charge on any atom is 0.111 e. The van der Waals surface area contributed by atoms with Crippen LogP contribution in [0.25, 0.3) is 0 Å². The van der Waals surface area contributed by atoms with E-state index in [0.717, 1.165) is 27.5 Å². The number of nitrogens with one attached hydrogen (secondary N) is 2. The monoisotopic (exact) mass is 444 g/mol. The van der Waals surface area contributed by atoms with Crippen LogP contribution in [-0.4, -0.2) is 4.99 Å². The second-order valence-electron chi connectivity index (χ2n) is 6.79. The summed E-state index contributed by atoms with van der Waals surface area (Å²) in [6.07, 6.45) is -2.24. The Bertz CT molecular complexity index is 1140. The second kappa shape index (κ2) is 9.36. The average Bonchev–Trinajstić information content (AvgIpc) is 2.81. The maximum atomic E-state index is 6.28. The molecule has 0 aliphatic rings. The second-order valence-corrected chi connectivity index (χ2v) is 11.3. The van der Waals surface area contributed by atoms with Gasteiger partial charge in [0.15, 0.2) is 0 Å². The van der Waals surface area contributed by atoms with E-state index >= 15 is 0 Å². The molecule has 30 heavy (non-hydrogen) atoms. The molecular formula is C25H21N2PS2. The van der Waals surface area contributed by atoms with Gasteiger partial charge in [0.05, 0.1) is 6.19 Å². The van der Waals surface area contributed by atoms with E-state index in [9.17, 15) is 0 Å². The summed E-state index contributed by atoms with van der Waals surface area (Å²) in [4.78, 5) is 0.678. The van der Waals surface area contributed by atoms with Gasteiger partial charge in [-0.25, -0.2) is 0 Å². The summed E-state index contributed by atoms with van der Waals surface area (Å²) in [5, 5.41) is 9.24. The molecule has 4 rings (SSSR count). The van der Waals surface area contributed by atoms with Crippen LogP contribution in [0.2, 0.25) is 0 Å². The van der Waals surface area contributed by atoms with E-state index in [4.69, 9.17) is 24.0 Å². The third-order valence-electron chi connectivity index (χ3n) is 4.68. The van der Waals surface area contributed by atoms with Crippen molar-refractivity contribution in [2.75, 3.05) is 10.4 Å². The average molecular weight is 445 g/mol. The Labute approximate surface area is 188 Å². The van der Waals surface area contributed by atoms with E-state index in [-0.39, 0.29) is 0 Å². The van der Waals surface area contributed by atoms with Crippen molar-refractivity contribution in [3.05, 3.63) is 121 Å². The fraction of sp³-hybridized carbons (Fsp3) is 0. The summed E-state index contributed by atoms with van der Waals surface area (Å²) >= 11 is 11.9. The van der Waals surface area contributed by atoms with E-state index in [1.54, 1.807) is 0 Å². The minimum absolute atomic E-state index is 0.678. The zero-order valence-corrected chi connectivity index (χ0v) is 18.8. The summed E-state index contributed by atoms with van der Waals surface area (Å²) in [6.45, 7) is 0. The Morgan fingerprint density at radius 1 is 0.600 bits per heavy atom. The molecule has 0 aliphatic carbocycles. The molecule has 0 radical (unpaired) electrons. The lowest BCUT2D eigenvalue weighted by molar-refractivity contribution is 1.60. The molecule has 0 unspecified atom stereocenters. The molecule has 0 saturated heterocycles. The van der Waals surface area contributed by atoms with Crippen molar-refractivity contribution in [2.24, 2.45) is 0 Å². The molecule has 2 nitrogen and oxygen atoms in total. The molecule has 5 heteroatoms. The highest BCUT2D eigenvalue weighted by Crippen LogP contribution is 2.43. The van der Waals surface area contributed by atoms with E-state index < -0.39 is 6.19 Å². The van der Waals surface area contributed by atoms with Crippen LogP contribution in [-0.2, 0) is 11.8 Å². The minimum Gasteiger partial charge on any atom is -0.351 e. The quantitative estimate of drug-likeness (QED) is 0.284. The molecule has 0 saturated carbocycles. The summed E-state index contributed by atoms with van der Waals surface area (Å²) in [6, 6.07) is 38.7. The third kappa shape index (κ3) is 4.68. The van der Waals surface area contributed by atoms with Crippen molar-refractivity contribution in [3.63, 3.8) is 0 Å². The van der Waals surface area contributed by atoms with Gasteiger partial charge in [-0.15, -0.1) is 0 Å². The molecule has 4 aromatic carbocycles. The Kier molecular flexibility index (Phi) is 6.39. The Morgan fingerprint density at radius 3 is 1.67 bits per heavy atom. The molecule has 0 fully saturated rings. The van der Waals surface area contributed by atoms with Crippen LogP contribution in [0.15, 0.2) is 115 Å². The van der Waals surface area contributed by atoms with Gasteiger partial charge < -0.3 is 10.4 Å². The smallest absolute Gasteiger partial charge is 0.111 e. The predicted octanol–water partition coefficient (Wildman–Crippen LogP) is 5.93. The number of hydrogen-bond donors (Lipinski definition) is 2. The van der Waals surface area contributed by atoms with Crippen molar-refractivity contribution in [1.29, 1.82) is 0 Å². The number of thiocarbonyl (C=S) groups is 1. The molecule has 2 N–H and O–H groups in total. The molecule has 148 valence electrons. The topological polar surface area (TPSA) is 24.1 Å². The highest BCUT2D eigenvalue weighted by Gasteiger charge is 2.22. The first-order valence-corrected chi connectivity index (χ1v) is 12.8. The van der Waals surface area contributed by atoms with Gasteiger partial charge in [0.2, 0.25) is 0 Å². The Balaban J connectivity index is 1.65. The zero-order chi connectivity index (χ0) is 20.8. The molecule has 0 amide bonds. The van der Waals surface area contributed by atoms with Crippen LogP contribution in [0.1, 0.15) is 5.56 Å². The van der Waals surface area contributed by atoms with Gasteiger partial charge in [-0.05, 0) is 24.3 Å². The van der Waals surface area contributed by atoms with E-state index in [1.165, 1.54) is 0 Å². The standard InChI is InChI=1S/C25H21N2PS2/c29-25(26-21-12-4-1-5-13-21)20-11-10-14-22(19-20)27-28(30,23-15-6-2-7-16-23)24-17-8-3-9-18-24/h1-19H,(H,26,29)(H,27,30). The van der Waals surface area contributed by atoms with Crippen molar-refractivity contribution >= 4 is 57.2 Å². The highest BCUT2D eigenvalue weighted by molar-refractivity contribution is 8.22. The first-order chi connectivity index (χ1) is 14.6. The summed E-state index contributed by atoms with van der Waals surface area (Å²) in [5.74, 6) is 0. The Morgan fingerprint density at radius 2 is 1.10 bits per heavy atom. The van der Waals surface area contributed by atoms with Crippen molar-refractivity contribution in [1.82, 2.24) is 0 Å². The van der Waals surface area contributed by atoms with Gasteiger partial charge in [-0.2, -0.15) is 0 Å². The Hall–Kier alpha value is -2.78. The molecule has 0 spiro atoms. The molecule has 0 atom stereocenters. The lowest BCUT2D eigenvalue weighted by Gasteiger charge is -2.26. The van der Waals surface area contributed by atoms with Crippen LogP contribution in [0.5, 0.6) is 0 Å². The normalized spacial score (nSPS) is 10.9. The maximum absolute atomic E-state index is 6.28. The van der Waals surface area contributed by atoms with Crippen molar-refractivity contribution in [2.45, 2.75) is 0 Å². The summed E-state index contributed by atoms with van der Waals surface area (Å²) in [7, 11) is 0. The van der Waals surface area contributed by atoms with Gasteiger partial charge in [-0.1, -0.05) is 115 Å². The number of hydrogen-bond acceptors (Lipinski definition) is 2. The van der Waals surface area contributed by atoms with Crippen molar-refractivity contribution in [3.8, 4) is 0 Å². The lowest BCUT2D eigenvalue weighted by atomic mass is 10.2. The summed E-state index contributed by atoms with van der Waals surface area (Å²) < 4.78 is 0. The number of benzene rings is 4. The minimum atomic E-state index is -2.24. The first-order valence-electron chi connectivity index (χ1n) is 9.61.